The lowest BCUT2D eigenvalue weighted by molar-refractivity contribution is -0.129. The first-order chi connectivity index (χ1) is 12.7. The van der Waals surface area contributed by atoms with Crippen molar-refractivity contribution >= 4 is 46.9 Å². The van der Waals surface area contributed by atoms with Gasteiger partial charge in [-0.1, -0.05) is 28.9 Å². The molecule has 1 rings (SSSR count). The van der Waals surface area contributed by atoms with Crippen LogP contribution >= 0.6 is 23.4 Å². The van der Waals surface area contributed by atoms with Gasteiger partial charge in [-0.2, -0.15) is 30.0 Å². The largest absolute Gasteiger partial charge is 0.411 e. The van der Waals surface area contributed by atoms with Crippen molar-refractivity contribution < 1.29 is 23.2 Å². The number of nitrogens with zero attached hydrogens (tertiary/aromatic N) is 4. The number of allylic oxidation sites excluding steroid dienone is 4. The van der Waals surface area contributed by atoms with Crippen molar-refractivity contribution in [1.29, 1.82) is 0 Å². The molecule has 0 atom stereocenters. The van der Waals surface area contributed by atoms with Crippen LogP contribution in [0, 0.1) is 0 Å². The highest BCUT2D eigenvalue weighted by molar-refractivity contribution is 7.99. The van der Waals surface area contributed by atoms with Crippen LogP contribution in [0.5, 0.6) is 0 Å². The van der Waals surface area contributed by atoms with Crippen LogP contribution < -0.4 is 4.90 Å². The van der Waals surface area contributed by atoms with E-state index < -0.39 is 12.6 Å². The minimum absolute atomic E-state index is 0.0632. The summed E-state index contributed by atoms with van der Waals surface area (Å²) < 4.78 is 37.6. The number of anilines is 1. The van der Waals surface area contributed by atoms with Gasteiger partial charge < -0.3 is 10.1 Å². The highest BCUT2D eigenvalue weighted by Crippen LogP contribution is 2.26. The van der Waals surface area contributed by atoms with E-state index in [9.17, 15) is 18.0 Å². The summed E-state index contributed by atoms with van der Waals surface area (Å²) in [6, 6.07) is 0. The molecule has 0 saturated carbocycles. The molecule has 0 saturated heterocycles. The SMILES string of the molecule is C\C=C/C=C(\C=N\O)n1cc(N(C)C(=O)CCSCCC(F)(F)F)c(Cl)n1. The minimum atomic E-state index is -4.19. The van der Waals surface area contributed by atoms with Crippen LogP contribution in [0.2, 0.25) is 5.15 Å². The second-order valence-corrected chi connectivity index (χ2v) is 6.87. The van der Waals surface area contributed by atoms with Crippen LogP contribution in [0.4, 0.5) is 18.9 Å². The number of hydrogen-bond donors (Lipinski definition) is 1. The average Bonchev–Trinajstić information content (AvgIpc) is 2.98. The first-order valence-corrected chi connectivity index (χ1v) is 9.40. The molecule has 0 radical (unpaired) electrons. The number of carbonyl (C=O) groups excluding carboxylic acids is 1. The average molecular weight is 425 g/mol. The maximum absolute atomic E-state index is 12.2. The Morgan fingerprint density at radius 2 is 2.19 bits per heavy atom. The highest BCUT2D eigenvalue weighted by Gasteiger charge is 2.26. The van der Waals surface area contributed by atoms with Crippen LogP contribution in [0.1, 0.15) is 19.8 Å². The number of oxime groups is 1. The van der Waals surface area contributed by atoms with Gasteiger partial charge in [-0.3, -0.25) is 4.79 Å². The van der Waals surface area contributed by atoms with Crippen molar-refractivity contribution in [2.45, 2.75) is 25.9 Å². The van der Waals surface area contributed by atoms with Gasteiger partial charge in [-0.05, 0) is 13.0 Å². The number of rotatable bonds is 9. The summed E-state index contributed by atoms with van der Waals surface area (Å²) in [5.41, 5.74) is 0.743. The van der Waals surface area contributed by atoms with E-state index >= 15 is 0 Å². The molecule has 1 N–H and O–H groups in total. The number of thioether (sulfide) groups is 1. The fraction of sp³-hybridized carbons (Fsp3) is 0.438. The summed E-state index contributed by atoms with van der Waals surface area (Å²) in [7, 11) is 1.51. The summed E-state index contributed by atoms with van der Waals surface area (Å²) in [4.78, 5) is 13.5. The molecule has 0 spiro atoms. The third-order valence-corrected chi connectivity index (χ3v) is 4.55. The predicted octanol–water partition coefficient (Wildman–Crippen LogP) is 4.45. The molecule has 1 aromatic heterocycles. The molecule has 1 heterocycles. The Morgan fingerprint density at radius 3 is 2.78 bits per heavy atom. The second kappa shape index (κ2) is 11.0. The van der Waals surface area contributed by atoms with E-state index in [0.29, 0.717) is 11.4 Å². The van der Waals surface area contributed by atoms with Gasteiger partial charge >= 0.3 is 6.18 Å². The van der Waals surface area contributed by atoms with Gasteiger partial charge in [0, 0.05) is 25.0 Å². The molecular weight excluding hydrogens is 405 g/mol. The maximum Gasteiger partial charge on any atom is 0.389 e. The van der Waals surface area contributed by atoms with Gasteiger partial charge in [0.15, 0.2) is 5.15 Å². The van der Waals surface area contributed by atoms with Gasteiger partial charge in [-0.15, -0.1) is 0 Å². The predicted molar refractivity (Wildman–Crippen MR) is 103 cm³/mol. The summed E-state index contributed by atoms with van der Waals surface area (Å²) >= 11 is 7.16. The van der Waals surface area contributed by atoms with Crippen LogP contribution in [0.3, 0.4) is 0 Å². The fourth-order valence-corrected chi connectivity index (χ4v) is 3.04. The van der Waals surface area contributed by atoms with Crippen molar-refractivity contribution in [1.82, 2.24) is 9.78 Å². The van der Waals surface area contributed by atoms with E-state index in [1.165, 1.54) is 22.8 Å². The molecule has 150 valence electrons. The molecule has 0 bridgehead atoms. The molecule has 27 heavy (non-hydrogen) atoms. The topological polar surface area (TPSA) is 70.7 Å². The van der Waals surface area contributed by atoms with E-state index in [2.05, 4.69) is 10.3 Å². The highest BCUT2D eigenvalue weighted by atomic mass is 35.5. The van der Waals surface area contributed by atoms with E-state index in [1.807, 2.05) is 6.92 Å². The van der Waals surface area contributed by atoms with Gasteiger partial charge in [0.2, 0.25) is 5.91 Å². The molecule has 0 fully saturated rings. The Morgan fingerprint density at radius 1 is 1.48 bits per heavy atom. The lowest BCUT2D eigenvalue weighted by atomic mass is 10.3. The normalized spacial score (nSPS) is 13.0. The number of amides is 1. The zero-order valence-electron chi connectivity index (χ0n) is 14.8. The van der Waals surface area contributed by atoms with Gasteiger partial charge in [0.25, 0.3) is 0 Å². The molecule has 6 nitrogen and oxygen atoms in total. The Labute approximate surface area is 164 Å². The number of carbonyl (C=O) groups is 1. The molecule has 0 aromatic carbocycles. The van der Waals surface area contributed by atoms with Crippen LogP contribution in [-0.4, -0.2) is 51.8 Å². The molecule has 0 aliphatic carbocycles. The first-order valence-electron chi connectivity index (χ1n) is 7.86. The van der Waals surface area contributed by atoms with E-state index in [-0.39, 0.29) is 29.0 Å². The Balaban J connectivity index is 2.73. The summed E-state index contributed by atoms with van der Waals surface area (Å²) in [6.45, 7) is 1.81. The molecule has 0 aliphatic rings. The lowest BCUT2D eigenvalue weighted by Gasteiger charge is -2.15. The fourth-order valence-electron chi connectivity index (χ4n) is 1.89. The van der Waals surface area contributed by atoms with Gasteiger partial charge in [0.1, 0.15) is 5.69 Å². The monoisotopic (exact) mass is 424 g/mol. The summed E-state index contributed by atoms with van der Waals surface area (Å²) in [6.07, 6.45) is 2.76. The summed E-state index contributed by atoms with van der Waals surface area (Å²) in [5, 5.41) is 15.9. The van der Waals surface area contributed by atoms with Crippen molar-refractivity contribution in [2.24, 2.45) is 5.16 Å². The maximum atomic E-state index is 12.2. The van der Waals surface area contributed by atoms with E-state index in [1.54, 1.807) is 18.2 Å². The van der Waals surface area contributed by atoms with Crippen LogP contribution in [0.15, 0.2) is 29.6 Å². The molecule has 0 unspecified atom stereocenters. The second-order valence-electron chi connectivity index (χ2n) is 5.29. The number of hydrogen-bond acceptors (Lipinski definition) is 5. The number of aromatic nitrogens is 2. The smallest absolute Gasteiger partial charge is 0.389 e. The van der Waals surface area contributed by atoms with Crippen LogP contribution in [-0.2, 0) is 4.79 Å². The van der Waals surface area contributed by atoms with E-state index in [0.717, 1.165) is 18.0 Å². The zero-order chi connectivity index (χ0) is 20.4. The van der Waals surface area contributed by atoms with Crippen LogP contribution in [0.25, 0.3) is 5.70 Å². The number of halogens is 4. The van der Waals surface area contributed by atoms with Gasteiger partial charge in [-0.25, -0.2) is 4.68 Å². The molecule has 0 aliphatic heterocycles. The van der Waals surface area contributed by atoms with Crippen molar-refractivity contribution in [3.63, 3.8) is 0 Å². The third kappa shape index (κ3) is 8.08. The summed E-state index contributed by atoms with van der Waals surface area (Å²) in [5.74, 6) is -0.112. The number of alkyl halides is 3. The van der Waals surface area contributed by atoms with Crippen molar-refractivity contribution in [2.75, 3.05) is 23.5 Å². The van der Waals surface area contributed by atoms with Crippen molar-refractivity contribution in [3.8, 4) is 0 Å². The first kappa shape index (κ1) is 23.1. The zero-order valence-corrected chi connectivity index (χ0v) is 16.4. The molecule has 11 heteroatoms. The Bertz CT molecular complexity index is 717. The standard InChI is InChI=1S/C16H20ClF3N4O2S/c1-3-4-5-12(10-21-26)24-11-13(15(17)22-24)23(2)14(25)6-8-27-9-7-16(18,19)20/h3-5,10-11,26H,6-9H2,1-2H3/b4-3-,12-5+,21-10+. The minimum Gasteiger partial charge on any atom is -0.411 e. The molecule has 1 aromatic rings. The van der Waals surface area contributed by atoms with Gasteiger partial charge in [0.05, 0.1) is 24.5 Å². The quantitative estimate of drug-likeness (QED) is 0.209. The Kier molecular flexibility index (Phi) is 9.44. The molecule has 1 amide bonds. The molecular formula is C16H20ClF3N4O2S. The third-order valence-electron chi connectivity index (χ3n) is 3.29. The van der Waals surface area contributed by atoms with E-state index in [4.69, 9.17) is 16.8 Å². The van der Waals surface area contributed by atoms with Crippen molar-refractivity contribution in [3.05, 3.63) is 29.6 Å². The Hall–Kier alpha value is -1.94. The lowest BCUT2D eigenvalue weighted by Crippen LogP contribution is -2.26.